The van der Waals surface area contributed by atoms with Gasteiger partial charge in [0.2, 0.25) is 0 Å². The highest BCUT2D eigenvalue weighted by atomic mass is 16.3. The molecule has 0 saturated carbocycles. The minimum Gasteiger partial charge on any atom is -0.393 e. The number of aliphatic hydroxyl groups excluding tert-OH is 2. The first-order chi connectivity index (χ1) is 9.70. The molecule has 0 aliphatic heterocycles. The van der Waals surface area contributed by atoms with E-state index in [1.54, 1.807) is 0 Å². The van der Waals surface area contributed by atoms with Crippen LogP contribution in [0.5, 0.6) is 0 Å². The maximum Gasteiger partial charge on any atom is 0.0540 e. The summed E-state index contributed by atoms with van der Waals surface area (Å²) in [4.78, 5) is 0. The second kappa shape index (κ2) is 15.3. The van der Waals surface area contributed by atoms with Crippen LogP contribution in [0.3, 0.4) is 0 Å². The first-order valence-electron chi connectivity index (χ1n) is 9.06. The van der Waals surface area contributed by atoms with Crippen LogP contribution in [0.2, 0.25) is 0 Å². The fourth-order valence-electron chi connectivity index (χ4n) is 2.72. The Morgan fingerprint density at radius 3 is 1.40 bits per heavy atom. The lowest BCUT2D eigenvalue weighted by molar-refractivity contribution is 0.133. The molecule has 0 fully saturated rings. The summed E-state index contributed by atoms with van der Waals surface area (Å²) in [6.07, 6.45) is 15.8. The molecule has 2 nitrogen and oxygen atoms in total. The molecule has 20 heavy (non-hydrogen) atoms. The van der Waals surface area contributed by atoms with E-state index >= 15 is 0 Å². The topological polar surface area (TPSA) is 40.5 Å². The van der Waals surface area contributed by atoms with E-state index in [0.717, 1.165) is 44.9 Å². The molecule has 122 valence electrons. The third kappa shape index (κ3) is 14.3. The maximum absolute atomic E-state index is 9.90. The Bertz CT molecular complexity index is 182. The second-order valence-corrected chi connectivity index (χ2v) is 6.29. The summed E-state index contributed by atoms with van der Waals surface area (Å²) in [5.41, 5.74) is 0. The molecular weight excluding hydrogens is 248 g/mol. The predicted molar refractivity (Wildman–Crippen MR) is 88.0 cm³/mol. The first kappa shape index (κ1) is 19.9. The van der Waals surface area contributed by atoms with Crippen LogP contribution in [-0.4, -0.2) is 22.4 Å². The van der Waals surface area contributed by atoms with E-state index in [-0.39, 0.29) is 12.2 Å². The van der Waals surface area contributed by atoms with E-state index in [9.17, 15) is 10.2 Å². The molecule has 0 bridgehead atoms. The Morgan fingerprint density at radius 2 is 0.900 bits per heavy atom. The van der Waals surface area contributed by atoms with Crippen molar-refractivity contribution < 1.29 is 10.2 Å². The predicted octanol–water partition coefficient (Wildman–Crippen LogP) is 5.21. The number of aliphatic hydroxyl groups is 2. The Morgan fingerprint density at radius 1 is 0.500 bits per heavy atom. The van der Waals surface area contributed by atoms with E-state index in [0.29, 0.717) is 0 Å². The fourth-order valence-corrected chi connectivity index (χ4v) is 2.72. The normalized spacial score (nSPS) is 14.4. The van der Waals surface area contributed by atoms with Crippen LogP contribution in [0.1, 0.15) is 104 Å². The largest absolute Gasteiger partial charge is 0.393 e. The highest BCUT2D eigenvalue weighted by Crippen LogP contribution is 2.14. The molecule has 2 atom stereocenters. The van der Waals surface area contributed by atoms with E-state index in [1.807, 2.05) is 0 Å². The van der Waals surface area contributed by atoms with Gasteiger partial charge in [-0.25, -0.2) is 0 Å². The van der Waals surface area contributed by atoms with Crippen LogP contribution in [0.4, 0.5) is 0 Å². The molecule has 0 rings (SSSR count). The zero-order valence-electron chi connectivity index (χ0n) is 13.9. The number of unbranched alkanes of at least 4 members (excludes halogenated alkanes) is 7. The summed E-state index contributed by atoms with van der Waals surface area (Å²) in [6, 6.07) is 0. The number of rotatable bonds is 15. The summed E-state index contributed by atoms with van der Waals surface area (Å²) in [6.45, 7) is 4.35. The Hall–Kier alpha value is -0.0800. The van der Waals surface area contributed by atoms with Crippen molar-refractivity contribution >= 4 is 0 Å². The van der Waals surface area contributed by atoms with E-state index in [2.05, 4.69) is 13.8 Å². The standard InChI is InChI=1S/C18H38O2/c1-3-5-6-7-8-9-10-14-18(20)16-12-11-15-17(19)13-4-2/h17-20H,3-16H2,1-2H3. The van der Waals surface area contributed by atoms with Crippen LogP contribution in [-0.2, 0) is 0 Å². The molecule has 0 aliphatic carbocycles. The molecule has 0 spiro atoms. The van der Waals surface area contributed by atoms with Gasteiger partial charge in [0.1, 0.15) is 0 Å². The van der Waals surface area contributed by atoms with Gasteiger partial charge in [-0.05, 0) is 25.7 Å². The molecule has 0 saturated heterocycles. The van der Waals surface area contributed by atoms with Gasteiger partial charge >= 0.3 is 0 Å². The SMILES string of the molecule is CCCCCCCCCC(O)CCCCC(O)CCC. The van der Waals surface area contributed by atoms with Crippen molar-refractivity contribution in [3.05, 3.63) is 0 Å². The van der Waals surface area contributed by atoms with Crippen LogP contribution in [0.25, 0.3) is 0 Å². The van der Waals surface area contributed by atoms with E-state index < -0.39 is 0 Å². The summed E-state index contributed by atoms with van der Waals surface area (Å²) < 4.78 is 0. The van der Waals surface area contributed by atoms with Gasteiger partial charge in [-0.15, -0.1) is 0 Å². The van der Waals surface area contributed by atoms with Gasteiger partial charge < -0.3 is 10.2 Å². The smallest absolute Gasteiger partial charge is 0.0540 e. The summed E-state index contributed by atoms with van der Waals surface area (Å²) in [5.74, 6) is 0. The van der Waals surface area contributed by atoms with Crippen molar-refractivity contribution in [2.24, 2.45) is 0 Å². The fraction of sp³-hybridized carbons (Fsp3) is 1.00. The van der Waals surface area contributed by atoms with Gasteiger partial charge in [0.05, 0.1) is 12.2 Å². The van der Waals surface area contributed by atoms with Crippen molar-refractivity contribution in [2.75, 3.05) is 0 Å². The average molecular weight is 287 g/mol. The molecule has 0 aliphatic rings. The summed E-state index contributed by atoms with van der Waals surface area (Å²) >= 11 is 0. The average Bonchev–Trinajstić information content (AvgIpc) is 2.43. The van der Waals surface area contributed by atoms with Crippen molar-refractivity contribution in [1.82, 2.24) is 0 Å². The molecular formula is C18H38O2. The molecule has 2 heteroatoms. The quantitative estimate of drug-likeness (QED) is 0.406. The second-order valence-electron chi connectivity index (χ2n) is 6.29. The van der Waals surface area contributed by atoms with Crippen LogP contribution in [0.15, 0.2) is 0 Å². The summed E-state index contributed by atoms with van der Waals surface area (Å²) in [5, 5.41) is 19.5. The Balaban J connectivity index is 3.22. The third-order valence-corrected chi connectivity index (χ3v) is 4.09. The van der Waals surface area contributed by atoms with Crippen molar-refractivity contribution in [3.63, 3.8) is 0 Å². The molecule has 0 aromatic carbocycles. The lowest BCUT2D eigenvalue weighted by Gasteiger charge is -2.12. The summed E-state index contributed by atoms with van der Waals surface area (Å²) in [7, 11) is 0. The van der Waals surface area contributed by atoms with Crippen LogP contribution >= 0.6 is 0 Å². The molecule has 2 unspecified atom stereocenters. The maximum atomic E-state index is 9.90. The van der Waals surface area contributed by atoms with Crippen LogP contribution in [0, 0.1) is 0 Å². The van der Waals surface area contributed by atoms with Gasteiger partial charge in [0, 0.05) is 0 Å². The Labute approximate surface area is 127 Å². The van der Waals surface area contributed by atoms with Gasteiger partial charge in [0.25, 0.3) is 0 Å². The lowest BCUT2D eigenvalue weighted by atomic mass is 10.0. The monoisotopic (exact) mass is 286 g/mol. The van der Waals surface area contributed by atoms with E-state index in [4.69, 9.17) is 0 Å². The lowest BCUT2D eigenvalue weighted by Crippen LogP contribution is -2.08. The van der Waals surface area contributed by atoms with Gasteiger partial charge in [-0.3, -0.25) is 0 Å². The minimum absolute atomic E-state index is 0.117. The highest BCUT2D eigenvalue weighted by molar-refractivity contribution is 4.60. The van der Waals surface area contributed by atoms with Crippen molar-refractivity contribution in [2.45, 2.75) is 116 Å². The first-order valence-corrected chi connectivity index (χ1v) is 9.06. The van der Waals surface area contributed by atoms with Gasteiger partial charge in [-0.2, -0.15) is 0 Å². The third-order valence-electron chi connectivity index (χ3n) is 4.09. The van der Waals surface area contributed by atoms with Gasteiger partial charge in [0.15, 0.2) is 0 Å². The van der Waals surface area contributed by atoms with E-state index in [1.165, 1.54) is 44.9 Å². The number of hydrogen-bond acceptors (Lipinski definition) is 2. The van der Waals surface area contributed by atoms with Crippen LogP contribution < -0.4 is 0 Å². The van der Waals surface area contributed by atoms with Gasteiger partial charge in [-0.1, -0.05) is 78.1 Å². The highest BCUT2D eigenvalue weighted by Gasteiger charge is 2.06. The molecule has 0 aromatic heterocycles. The zero-order chi connectivity index (χ0) is 15.1. The number of hydrogen-bond donors (Lipinski definition) is 2. The molecule has 0 radical (unpaired) electrons. The molecule has 0 heterocycles. The van der Waals surface area contributed by atoms with Crippen molar-refractivity contribution in [1.29, 1.82) is 0 Å². The molecule has 0 amide bonds. The zero-order valence-corrected chi connectivity index (χ0v) is 13.9. The van der Waals surface area contributed by atoms with Crippen molar-refractivity contribution in [3.8, 4) is 0 Å². The minimum atomic E-state index is -0.125. The molecule has 0 aromatic rings. The molecule has 2 N–H and O–H groups in total. The Kier molecular flexibility index (Phi) is 15.3.